The van der Waals surface area contributed by atoms with E-state index in [-0.39, 0.29) is 10.7 Å². The Hall–Kier alpha value is -1.16. The number of benzene rings is 1. The van der Waals surface area contributed by atoms with E-state index in [1.165, 1.54) is 0 Å². The maximum atomic E-state index is 11.7. The second-order valence-electron chi connectivity index (χ2n) is 4.99. The third kappa shape index (κ3) is 5.45. The van der Waals surface area contributed by atoms with Crippen LogP contribution in [-0.2, 0) is 11.3 Å². The van der Waals surface area contributed by atoms with Crippen LogP contribution in [0.3, 0.4) is 0 Å². The molecule has 1 rings (SSSR count). The van der Waals surface area contributed by atoms with Gasteiger partial charge < -0.3 is 10.1 Å². The summed E-state index contributed by atoms with van der Waals surface area (Å²) in [6.45, 7) is 6.81. The molecule has 1 N–H and O–H groups in total. The van der Waals surface area contributed by atoms with Crippen LogP contribution < -0.4 is 10.1 Å². The van der Waals surface area contributed by atoms with Crippen LogP contribution >= 0.6 is 11.8 Å². The smallest absolute Gasteiger partial charge is 0.230 e. The highest BCUT2D eigenvalue weighted by Gasteiger charge is 2.13. The fraction of sp³-hybridized carbons (Fsp3) is 0.500. The third-order valence-corrected chi connectivity index (χ3v) is 3.58. The van der Waals surface area contributed by atoms with E-state index in [0.717, 1.165) is 11.3 Å². The van der Waals surface area contributed by atoms with Crippen LogP contribution in [0.25, 0.3) is 0 Å². The molecule has 0 aliphatic heterocycles. The minimum Gasteiger partial charge on any atom is -0.496 e. The first-order chi connectivity index (χ1) is 8.42. The van der Waals surface area contributed by atoms with Crippen molar-refractivity contribution >= 4 is 17.7 Å². The van der Waals surface area contributed by atoms with Crippen LogP contribution in [0.4, 0.5) is 0 Å². The second-order valence-corrected chi connectivity index (χ2v) is 6.79. The number of carbonyl (C=O) groups excluding carboxylic acids is 1. The maximum absolute atomic E-state index is 11.7. The highest BCUT2D eigenvalue weighted by molar-refractivity contribution is 8.01. The van der Waals surface area contributed by atoms with Crippen LogP contribution in [-0.4, -0.2) is 23.5 Å². The van der Waals surface area contributed by atoms with Gasteiger partial charge in [-0.3, -0.25) is 4.79 Å². The highest BCUT2D eigenvalue weighted by Crippen LogP contribution is 2.22. The zero-order chi connectivity index (χ0) is 13.6. The van der Waals surface area contributed by atoms with E-state index in [9.17, 15) is 4.79 Å². The van der Waals surface area contributed by atoms with Gasteiger partial charge in [-0.15, -0.1) is 11.8 Å². The van der Waals surface area contributed by atoms with Crippen molar-refractivity contribution in [2.45, 2.75) is 32.1 Å². The van der Waals surface area contributed by atoms with Gasteiger partial charge in [-0.2, -0.15) is 0 Å². The Labute approximate surface area is 113 Å². The molecule has 0 radical (unpaired) electrons. The number of nitrogens with one attached hydrogen (secondary N) is 1. The summed E-state index contributed by atoms with van der Waals surface area (Å²) in [6, 6.07) is 7.70. The number of methoxy groups -OCH3 is 1. The average Bonchev–Trinajstić information content (AvgIpc) is 2.33. The van der Waals surface area contributed by atoms with Crippen LogP contribution in [0.1, 0.15) is 26.3 Å². The van der Waals surface area contributed by atoms with Crippen molar-refractivity contribution in [2.75, 3.05) is 12.9 Å². The zero-order valence-corrected chi connectivity index (χ0v) is 12.3. The monoisotopic (exact) mass is 267 g/mol. The van der Waals surface area contributed by atoms with Crippen molar-refractivity contribution < 1.29 is 9.53 Å². The number of carbonyl (C=O) groups is 1. The predicted molar refractivity (Wildman–Crippen MR) is 77.1 cm³/mol. The normalized spacial score (nSPS) is 11.1. The number of hydrogen-bond donors (Lipinski definition) is 1. The van der Waals surface area contributed by atoms with E-state index in [4.69, 9.17) is 4.74 Å². The SMILES string of the molecule is COc1ccccc1CNC(=O)CSC(C)(C)C. The number of hydrogen-bond acceptors (Lipinski definition) is 3. The molecule has 3 nitrogen and oxygen atoms in total. The molecule has 0 bridgehead atoms. The lowest BCUT2D eigenvalue weighted by atomic mass is 10.2. The van der Waals surface area contributed by atoms with Crippen molar-refractivity contribution in [3.8, 4) is 5.75 Å². The molecule has 0 fully saturated rings. The Bertz CT molecular complexity index is 399. The molecular formula is C14H21NO2S. The molecule has 0 spiro atoms. The predicted octanol–water partition coefficient (Wildman–Crippen LogP) is 2.84. The first-order valence-corrected chi connectivity index (χ1v) is 6.93. The van der Waals surface area contributed by atoms with Crippen LogP contribution in [0.15, 0.2) is 24.3 Å². The van der Waals surface area contributed by atoms with Gasteiger partial charge in [-0.05, 0) is 6.07 Å². The summed E-state index contributed by atoms with van der Waals surface area (Å²) >= 11 is 1.64. The van der Waals surface area contributed by atoms with Gasteiger partial charge in [0.15, 0.2) is 0 Å². The summed E-state index contributed by atoms with van der Waals surface area (Å²) in [7, 11) is 1.64. The van der Waals surface area contributed by atoms with Gasteiger partial charge in [-0.1, -0.05) is 39.0 Å². The summed E-state index contributed by atoms with van der Waals surface area (Å²) < 4.78 is 5.35. The molecule has 1 amide bonds. The van der Waals surface area contributed by atoms with Crippen molar-refractivity contribution in [3.63, 3.8) is 0 Å². The van der Waals surface area contributed by atoms with E-state index in [2.05, 4.69) is 26.1 Å². The average molecular weight is 267 g/mol. The molecule has 0 unspecified atom stereocenters. The van der Waals surface area contributed by atoms with Gasteiger partial charge in [0.1, 0.15) is 5.75 Å². The zero-order valence-electron chi connectivity index (χ0n) is 11.4. The van der Waals surface area contributed by atoms with E-state index in [1.807, 2.05) is 24.3 Å². The van der Waals surface area contributed by atoms with Gasteiger partial charge in [0, 0.05) is 16.9 Å². The number of ether oxygens (including phenoxy) is 1. The molecule has 0 atom stereocenters. The number of rotatable bonds is 5. The Morgan fingerprint density at radius 3 is 2.61 bits per heavy atom. The lowest BCUT2D eigenvalue weighted by molar-refractivity contribution is -0.118. The van der Waals surface area contributed by atoms with E-state index < -0.39 is 0 Å². The number of para-hydroxylation sites is 1. The lowest BCUT2D eigenvalue weighted by Crippen LogP contribution is -2.26. The first kappa shape index (κ1) is 14.9. The molecule has 0 aliphatic carbocycles. The van der Waals surface area contributed by atoms with Gasteiger partial charge in [-0.25, -0.2) is 0 Å². The Morgan fingerprint density at radius 1 is 1.33 bits per heavy atom. The minimum absolute atomic E-state index is 0.0563. The Kier molecular flexibility index (Phi) is 5.54. The second kappa shape index (κ2) is 6.69. The quantitative estimate of drug-likeness (QED) is 0.891. The summed E-state index contributed by atoms with van der Waals surface area (Å²) in [5.41, 5.74) is 0.995. The van der Waals surface area contributed by atoms with Crippen LogP contribution in [0.2, 0.25) is 0 Å². The standard InChI is InChI=1S/C14H21NO2S/c1-14(2,3)18-10-13(16)15-9-11-7-5-6-8-12(11)17-4/h5-8H,9-10H2,1-4H3,(H,15,16). The summed E-state index contributed by atoms with van der Waals surface area (Å²) in [6.07, 6.45) is 0. The molecule has 1 aromatic carbocycles. The molecule has 0 aromatic heterocycles. The fourth-order valence-electron chi connectivity index (χ4n) is 1.38. The third-order valence-electron chi connectivity index (χ3n) is 2.30. The van der Waals surface area contributed by atoms with E-state index in [1.54, 1.807) is 18.9 Å². The van der Waals surface area contributed by atoms with Crippen molar-refractivity contribution in [2.24, 2.45) is 0 Å². The fourth-order valence-corrected chi connectivity index (χ4v) is 2.04. The largest absolute Gasteiger partial charge is 0.496 e. The number of amides is 1. The Balaban J connectivity index is 2.43. The highest BCUT2D eigenvalue weighted by atomic mass is 32.2. The Morgan fingerprint density at radius 2 is 2.00 bits per heavy atom. The van der Waals surface area contributed by atoms with E-state index >= 15 is 0 Å². The molecule has 0 saturated heterocycles. The molecule has 0 heterocycles. The first-order valence-electron chi connectivity index (χ1n) is 5.95. The lowest BCUT2D eigenvalue weighted by Gasteiger charge is -2.17. The van der Waals surface area contributed by atoms with Crippen LogP contribution in [0.5, 0.6) is 5.75 Å². The molecule has 18 heavy (non-hydrogen) atoms. The van der Waals surface area contributed by atoms with E-state index in [0.29, 0.717) is 12.3 Å². The van der Waals surface area contributed by atoms with Crippen molar-refractivity contribution in [1.82, 2.24) is 5.32 Å². The summed E-state index contributed by atoms with van der Waals surface area (Å²) in [5, 5.41) is 2.91. The van der Waals surface area contributed by atoms with Crippen molar-refractivity contribution in [1.29, 1.82) is 0 Å². The number of thioether (sulfide) groups is 1. The molecule has 0 saturated carbocycles. The topological polar surface area (TPSA) is 38.3 Å². The summed E-state index contributed by atoms with van der Waals surface area (Å²) in [4.78, 5) is 11.7. The van der Waals surface area contributed by atoms with Gasteiger partial charge >= 0.3 is 0 Å². The van der Waals surface area contributed by atoms with Crippen molar-refractivity contribution in [3.05, 3.63) is 29.8 Å². The molecule has 1 aromatic rings. The van der Waals surface area contributed by atoms with Crippen LogP contribution in [0, 0.1) is 0 Å². The molecule has 4 heteroatoms. The summed E-state index contributed by atoms with van der Waals surface area (Å²) in [5.74, 6) is 1.35. The molecule has 100 valence electrons. The van der Waals surface area contributed by atoms with Gasteiger partial charge in [0.25, 0.3) is 0 Å². The molecule has 0 aliphatic rings. The van der Waals surface area contributed by atoms with Gasteiger partial charge in [0.2, 0.25) is 5.91 Å². The molecular weight excluding hydrogens is 246 g/mol. The van der Waals surface area contributed by atoms with Gasteiger partial charge in [0.05, 0.1) is 12.9 Å². The minimum atomic E-state index is 0.0563. The maximum Gasteiger partial charge on any atom is 0.230 e.